The summed E-state index contributed by atoms with van der Waals surface area (Å²) in [4.78, 5) is 14.4. The molecule has 14 heavy (non-hydrogen) atoms. The zero-order chi connectivity index (χ0) is 9.97. The second kappa shape index (κ2) is 3.35. The van der Waals surface area contributed by atoms with Gasteiger partial charge in [-0.1, -0.05) is 12.1 Å². The van der Waals surface area contributed by atoms with Crippen molar-refractivity contribution in [2.45, 2.75) is 6.42 Å². The quantitative estimate of drug-likeness (QED) is 0.731. The van der Waals surface area contributed by atoms with Crippen LogP contribution < -0.4 is 5.43 Å². The Hall–Kier alpha value is -2.08. The lowest BCUT2D eigenvalue weighted by molar-refractivity contribution is 1.25. The molecule has 0 aliphatic heterocycles. The predicted octanol–water partition coefficient (Wildman–Crippen LogP) is 1.59. The lowest BCUT2D eigenvalue weighted by Gasteiger charge is -2.01. The van der Waals surface area contributed by atoms with E-state index in [4.69, 9.17) is 5.26 Å². The summed E-state index contributed by atoms with van der Waals surface area (Å²) in [5.41, 5.74) is 1.61. The molecular formula is C11H8N2O. The number of nitriles is 1. The second-order valence-electron chi connectivity index (χ2n) is 3.02. The van der Waals surface area contributed by atoms with Gasteiger partial charge in [0.2, 0.25) is 0 Å². The third-order valence-corrected chi connectivity index (χ3v) is 2.15. The van der Waals surface area contributed by atoms with Gasteiger partial charge in [-0.15, -0.1) is 0 Å². The number of pyridine rings is 1. The van der Waals surface area contributed by atoms with E-state index >= 15 is 0 Å². The number of benzene rings is 1. The zero-order valence-electron chi connectivity index (χ0n) is 7.45. The number of aromatic amines is 1. The van der Waals surface area contributed by atoms with Gasteiger partial charge in [0, 0.05) is 17.6 Å². The summed E-state index contributed by atoms with van der Waals surface area (Å²) >= 11 is 0. The van der Waals surface area contributed by atoms with Crippen molar-refractivity contribution in [2.24, 2.45) is 0 Å². The van der Waals surface area contributed by atoms with Crippen molar-refractivity contribution in [2.75, 3.05) is 0 Å². The van der Waals surface area contributed by atoms with Gasteiger partial charge >= 0.3 is 0 Å². The molecular weight excluding hydrogens is 176 g/mol. The maximum Gasteiger partial charge on any atom is 0.189 e. The number of hydrogen-bond acceptors (Lipinski definition) is 2. The molecule has 0 fully saturated rings. The van der Waals surface area contributed by atoms with Gasteiger partial charge in [0.25, 0.3) is 0 Å². The van der Waals surface area contributed by atoms with Gasteiger partial charge in [-0.3, -0.25) is 4.79 Å². The Labute approximate surface area is 80.6 Å². The van der Waals surface area contributed by atoms with Crippen molar-refractivity contribution in [3.05, 3.63) is 46.2 Å². The van der Waals surface area contributed by atoms with Crippen LogP contribution in [0.15, 0.2) is 35.3 Å². The fourth-order valence-electron chi connectivity index (χ4n) is 1.50. The fraction of sp³-hybridized carbons (Fsp3) is 0.0909. The molecule has 0 atom stereocenters. The first-order valence-corrected chi connectivity index (χ1v) is 4.29. The Morgan fingerprint density at radius 2 is 2.21 bits per heavy atom. The molecule has 0 aliphatic carbocycles. The van der Waals surface area contributed by atoms with Gasteiger partial charge in [0.1, 0.15) is 0 Å². The Bertz CT molecular complexity index is 563. The van der Waals surface area contributed by atoms with E-state index in [1.807, 2.05) is 6.07 Å². The zero-order valence-corrected chi connectivity index (χ0v) is 7.45. The molecule has 0 aliphatic rings. The maximum absolute atomic E-state index is 11.4. The average molecular weight is 184 g/mol. The minimum Gasteiger partial charge on any atom is -0.361 e. The summed E-state index contributed by atoms with van der Waals surface area (Å²) in [5, 5.41) is 9.25. The van der Waals surface area contributed by atoms with Gasteiger partial charge in [0.05, 0.1) is 18.0 Å². The minimum atomic E-state index is -0.0152. The largest absolute Gasteiger partial charge is 0.361 e. The van der Waals surface area contributed by atoms with Crippen LogP contribution in [0.3, 0.4) is 0 Å². The van der Waals surface area contributed by atoms with E-state index in [0.29, 0.717) is 11.8 Å². The predicted molar refractivity (Wildman–Crippen MR) is 53.9 cm³/mol. The molecule has 68 valence electrons. The van der Waals surface area contributed by atoms with E-state index in [1.165, 1.54) is 6.07 Å². The second-order valence-corrected chi connectivity index (χ2v) is 3.02. The third-order valence-electron chi connectivity index (χ3n) is 2.15. The number of fused-ring (bicyclic) bond motifs is 1. The van der Waals surface area contributed by atoms with Gasteiger partial charge in [-0.2, -0.15) is 5.26 Å². The lowest BCUT2D eigenvalue weighted by Crippen LogP contribution is -2.01. The molecule has 0 unspecified atom stereocenters. The summed E-state index contributed by atoms with van der Waals surface area (Å²) < 4.78 is 0. The van der Waals surface area contributed by atoms with Gasteiger partial charge in [0.15, 0.2) is 5.43 Å². The van der Waals surface area contributed by atoms with Crippen LogP contribution in [0.4, 0.5) is 0 Å². The molecule has 0 radical (unpaired) electrons. The van der Waals surface area contributed by atoms with Gasteiger partial charge in [-0.05, 0) is 11.6 Å². The summed E-state index contributed by atoms with van der Waals surface area (Å²) in [6, 6.07) is 8.96. The first kappa shape index (κ1) is 8.52. The summed E-state index contributed by atoms with van der Waals surface area (Å²) in [5.74, 6) is 0. The molecule has 0 saturated heterocycles. The SMILES string of the molecule is N#CCc1cccc2c(=O)cc[nH]c12. The summed E-state index contributed by atoms with van der Waals surface area (Å²) in [6.07, 6.45) is 1.92. The Kier molecular flexibility index (Phi) is 2.04. The smallest absolute Gasteiger partial charge is 0.189 e. The monoisotopic (exact) mass is 184 g/mol. The highest BCUT2D eigenvalue weighted by atomic mass is 16.1. The van der Waals surface area contributed by atoms with Crippen molar-refractivity contribution >= 4 is 10.9 Å². The molecule has 2 aromatic rings. The average Bonchev–Trinajstić information content (AvgIpc) is 2.20. The van der Waals surface area contributed by atoms with Crippen LogP contribution in [-0.4, -0.2) is 4.98 Å². The lowest BCUT2D eigenvalue weighted by atomic mass is 10.1. The van der Waals surface area contributed by atoms with Crippen molar-refractivity contribution < 1.29 is 0 Å². The highest BCUT2D eigenvalue weighted by Gasteiger charge is 2.02. The number of hydrogen-bond donors (Lipinski definition) is 1. The van der Waals surface area contributed by atoms with E-state index in [9.17, 15) is 4.79 Å². The normalized spacial score (nSPS) is 9.93. The topological polar surface area (TPSA) is 56.6 Å². The van der Waals surface area contributed by atoms with Crippen LogP contribution >= 0.6 is 0 Å². The summed E-state index contributed by atoms with van der Waals surface area (Å²) in [7, 11) is 0. The molecule has 3 nitrogen and oxygen atoms in total. The van der Waals surface area contributed by atoms with Gasteiger partial charge in [-0.25, -0.2) is 0 Å². The van der Waals surface area contributed by atoms with Crippen molar-refractivity contribution in [3.63, 3.8) is 0 Å². The van der Waals surface area contributed by atoms with Crippen LogP contribution in [0.2, 0.25) is 0 Å². The van der Waals surface area contributed by atoms with Crippen LogP contribution in [0.25, 0.3) is 10.9 Å². The molecule has 1 aromatic heterocycles. The van der Waals surface area contributed by atoms with E-state index < -0.39 is 0 Å². The maximum atomic E-state index is 11.4. The number of aromatic nitrogens is 1. The third kappa shape index (κ3) is 1.27. The molecule has 1 aromatic carbocycles. The molecule has 0 spiro atoms. The number of para-hydroxylation sites is 1. The van der Waals surface area contributed by atoms with Gasteiger partial charge < -0.3 is 4.98 Å². The molecule has 1 N–H and O–H groups in total. The highest BCUT2D eigenvalue weighted by molar-refractivity contribution is 5.81. The number of H-pyrrole nitrogens is 1. The van der Waals surface area contributed by atoms with E-state index in [0.717, 1.165) is 11.1 Å². The van der Waals surface area contributed by atoms with E-state index in [2.05, 4.69) is 11.1 Å². The number of rotatable bonds is 1. The van der Waals surface area contributed by atoms with E-state index in [-0.39, 0.29) is 5.43 Å². The fourth-order valence-corrected chi connectivity index (χ4v) is 1.50. The Balaban J connectivity index is 2.83. The molecule has 1 heterocycles. The van der Waals surface area contributed by atoms with Crippen LogP contribution in [-0.2, 0) is 6.42 Å². The molecule has 2 rings (SSSR count). The van der Waals surface area contributed by atoms with Crippen molar-refractivity contribution in [1.82, 2.24) is 4.98 Å². The highest BCUT2D eigenvalue weighted by Crippen LogP contribution is 2.12. The number of nitrogens with one attached hydrogen (secondary N) is 1. The van der Waals surface area contributed by atoms with Crippen molar-refractivity contribution in [1.29, 1.82) is 5.26 Å². The van der Waals surface area contributed by atoms with Crippen molar-refractivity contribution in [3.8, 4) is 6.07 Å². The first-order chi connectivity index (χ1) is 6.83. The van der Waals surface area contributed by atoms with Crippen LogP contribution in [0.5, 0.6) is 0 Å². The first-order valence-electron chi connectivity index (χ1n) is 4.29. The molecule has 0 bridgehead atoms. The standard InChI is InChI=1S/C11H8N2O/c12-6-4-8-2-1-3-9-10(14)5-7-13-11(8)9/h1-3,5,7H,4H2,(H,13,14). The minimum absolute atomic E-state index is 0.0152. The molecule has 0 amide bonds. The number of nitrogens with zero attached hydrogens (tertiary/aromatic N) is 1. The van der Waals surface area contributed by atoms with E-state index in [1.54, 1.807) is 18.3 Å². The Morgan fingerprint density at radius 1 is 1.36 bits per heavy atom. The summed E-state index contributed by atoms with van der Waals surface area (Å²) in [6.45, 7) is 0. The van der Waals surface area contributed by atoms with Crippen LogP contribution in [0, 0.1) is 11.3 Å². The molecule has 3 heteroatoms. The Morgan fingerprint density at radius 3 is 3.00 bits per heavy atom. The van der Waals surface area contributed by atoms with Crippen LogP contribution in [0.1, 0.15) is 5.56 Å². The molecule has 0 saturated carbocycles.